The van der Waals surface area contributed by atoms with Crippen LogP contribution in [0.15, 0.2) is 54.6 Å². The lowest BCUT2D eigenvalue weighted by Crippen LogP contribution is -2.11. The quantitative estimate of drug-likeness (QED) is 0.887. The van der Waals surface area contributed by atoms with E-state index in [0.717, 1.165) is 11.3 Å². The van der Waals surface area contributed by atoms with Crippen molar-refractivity contribution in [1.29, 1.82) is 5.26 Å². The summed E-state index contributed by atoms with van der Waals surface area (Å²) in [5, 5.41) is 12.3. The van der Waals surface area contributed by atoms with Crippen molar-refractivity contribution in [3.05, 3.63) is 66.0 Å². The van der Waals surface area contributed by atoms with Gasteiger partial charge in [0, 0.05) is 12.2 Å². The minimum atomic E-state index is -0.263. The average Bonchev–Trinajstić information content (AvgIpc) is 2.43. The number of benzene rings is 2. The van der Waals surface area contributed by atoms with Crippen LogP contribution < -0.4 is 5.32 Å². The molecule has 2 rings (SSSR count). The third kappa shape index (κ3) is 3.08. The van der Waals surface area contributed by atoms with Gasteiger partial charge in [0.25, 0.3) is 0 Å². The van der Waals surface area contributed by atoms with Crippen LogP contribution in [0, 0.1) is 17.1 Å². The molecule has 1 N–H and O–H groups in total. The molecule has 0 saturated heterocycles. The van der Waals surface area contributed by atoms with Gasteiger partial charge in [-0.25, -0.2) is 4.39 Å². The van der Waals surface area contributed by atoms with Crippen molar-refractivity contribution in [2.45, 2.75) is 5.92 Å². The molecule has 18 heavy (non-hydrogen) atoms. The largest absolute Gasteiger partial charge is 0.383 e. The Bertz CT molecular complexity index is 529. The molecular formula is C15H13FN2. The van der Waals surface area contributed by atoms with E-state index < -0.39 is 0 Å². The van der Waals surface area contributed by atoms with E-state index in [2.05, 4.69) is 11.4 Å². The molecule has 0 heterocycles. The van der Waals surface area contributed by atoms with E-state index in [-0.39, 0.29) is 11.7 Å². The smallest absolute Gasteiger partial charge is 0.123 e. The van der Waals surface area contributed by atoms with Crippen LogP contribution in [-0.4, -0.2) is 6.54 Å². The minimum Gasteiger partial charge on any atom is -0.383 e. The predicted molar refractivity (Wildman–Crippen MR) is 69.7 cm³/mol. The number of nitriles is 1. The van der Waals surface area contributed by atoms with Crippen molar-refractivity contribution in [1.82, 2.24) is 0 Å². The summed E-state index contributed by atoms with van der Waals surface area (Å²) in [5.74, 6) is -0.475. The first-order chi connectivity index (χ1) is 8.79. The van der Waals surface area contributed by atoms with Crippen molar-refractivity contribution in [3.8, 4) is 6.07 Å². The van der Waals surface area contributed by atoms with E-state index in [1.807, 2.05) is 30.3 Å². The van der Waals surface area contributed by atoms with Crippen LogP contribution in [0.25, 0.3) is 0 Å². The van der Waals surface area contributed by atoms with Gasteiger partial charge in [0.2, 0.25) is 0 Å². The molecule has 0 amide bonds. The van der Waals surface area contributed by atoms with E-state index in [9.17, 15) is 4.39 Å². The lowest BCUT2D eigenvalue weighted by Gasteiger charge is -2.11. The van der Waals surface area contributed by atoms with Crippen LogP contribution in [-0.2, 0) is 0 Å². The number of nitrogens with zero attached hydrogens (tertiary/aromatic N) is 1. The molecule has 0 bridgehead atoms. The maximum atomic E-state index is 12.7. The summed E-state index contributed by atoms with van der Waals surface area (Å²) in [6.07, 6.45) is 0. The van der Waals surface area contributed by atoms with Crippen molar-refractivity contribution in [2.75, 3.05) is 11.9 Å². The summed E-state index contributed by atoms with van der Waals surface area (Å²) >= 11 is 0. The first-order valence-electron chi connectivity index (χ1n) is 5.73. The molecule has 2 aromatic carbocycles. The summed E-state index contributed by atoms with van der Waals surface area (Å²) in [5.41, 5.74) is 1.79. The predicted octanol–water partition coefficient (Wildman–Crippen LogP) is 3.54. The van der Waals surface area contributed by atoms with Crippen LogP contribution in [0.4, 0.5) is 10.1 Å². The fourth-order valence-corrected chi connectivity index (χ4v) is 1.71. The van der Waals surface area contributed by atoms with Gasteiger partial charge in [-0.05, 0) is 29.8 Å². The molecule has 0 aliphatic heterocycles. The van der Waals surface area contributed by atoms with Gasteiger partial charge >= 0.3 is 0 Å². The highest BCUT2D eigenvalue weighted by molar-refractivity contribution is 5.44. The zero-order valence-electron chi connectivity index (χ0n) is 9.81. The summed E-state index contributed by atoms with van der Waals surface area (Å²) in [6, 6.07) is 18.0. The Balaban J connectivity index is 2.00. The first-order valence-corrected chi connectivity index (χ1v) is 5.73. The van der Waals surface area contributed by atoms with Gasteiger partial charge < -0.3 is 5.32 Å². The standard InChI is InChI=1S/C15H13FN2/c16-14-6-8-15(9-7-14)18-11-13(10-17)12-4-2-1-3-5-12/h1-9,13,18H,11H2. The Morgan fingerprint density at radius 3 is 2.33 bits per heavy atom. The fraction of sp³-hybridized carbons (Fsp3) is 0.133. The summed E-state index contributed by atoms with van der Waals surface area (Å²) in [6.45, 7) is 0.506. The molecule has 1 unspecified atom stereocenters. The molecule has 0 aliphatic carbocycles. The molecule has 0 saturated carbocycles. The molecule has 90 valence electrons. The van der Waals surface area contributed by atoms with E-state index in [1.54, 1.807) is 12.1 Å². The second kappa shape index (κ2) is 5.83. The Kier molecular flexibility index (Phi) is 3.93. The van der Waals surface area contributed by atoms with Crippen molar-refractivity contribution in [3.63, 3.8) is 0 Å². The zero-order valence-corrected chi connectivity index (χ0v) is 9.81. The monoisotopic (exact) mass is 240 g/mol. The highest BCUT2D eigenvalue weighted by Crippen LogP contribution is 2.16. The van der Waals surface area contributed by atoms with Crippen LogP contribution in [0.1, 0.15) is 11.5 Å². The van der Waals surface area contributed by atoms with Gasteiger partial charge in [-0.15, -0.1) is 0 Å². The maximum Gasteiger partial charge on any atom is 0.123 e. The van der Waals surface area contributed by atoms with Gasteiger partial charge in [-0.3, -0.25) is 0 Å². The molecule has 0 radical (unpaired) electrons. The van der Waals surface area contributed by atoms with E-state index in [4.69, 9.17) is 5.26 Å². The number of rotatable bonds is 4. The SMILES string of the molecule is N#CC(CNc1ccc(F)cc1)c1ccccc1. The van der Waals surface area contributed by atoms with Gasteiger partial charge in [-0.2, -0.15) is 5.26 Å². The Labute approximate surface area is 106 Å². The summed E-state index contributed by atoms with van der Waals surface area (Å²) in [4.78, 5) is 0. The second-order valence-electron chi connectivity index (χ2n) is 3.98. The molecule has 0 aliphatic rings. The van der Waals surface area contributed by atoms with Crippen LogP contribution in [0.5, 0.6) is 0 Å². The van der Waals surface area contributed by atoms with Gasteiger partial charge in [-0.1, -0.05) is 30.3 Å². The molecule has 2 nitrogen and oxygen atoms in total. The third-order valence-electron chi connectivity index (χ3n) is 2.71. The van der Waals surface area contributed by atoms with Gasteiger partial charge in [0.1, 0.15) is 5.82 Å². The van der Waals surface area contributed by atoms with E-state index in [1.165, 1.54) is 12.1 Å². The number of hydrogen-bond acceptors (Lipinski definition) is 2. The third-order valence-corrected chi connectivity index (χ3v) is 2.71. The fourth-order valence-electron chi connectivity index (χ4n) is 1.71. The highest BCUT2D eigenvalue weighted by atomic mass is 19.1. The first kappa shape index (κ1) is 12.1. The number of anilines is 1. The van der Waals surface area contributed by atoms with Crippen molar-refractivity contribution >= 4 is 5.69 Å². The van der Waals surface area contributed by atoms with Crippen LogP contribution >= 0.6 is 0 Å². The lowest BCUT2D eigenvalue weighted by atomic mass is 10.0. The normalized spacial score (nSPS) is 11.6. The van der Waals surface area contributed by atoms with Crippen LogP contribution in [0.2, 0.25) is 0 Å². The lowest BCUT2D eigenvalue weighted by molar-refractivity contribution is 0.628. The van der Waals surface area contributed by atoms with Crippen molar-refractivity contribution in [2.24, 2.45) is 0 Å². The second-order valence-corrected chi connectivity index (χ2v) is 3.98. The number of halogens is 1. The highest BCUT2D eigenvalue weighted by Gasteiger charge is 2.09. The molecule has 3 heteroatoms. The molecule has 2 aromatic rings. The Hall–Kier alpha value is -2.34. The summed E-state index contributed by atoms with van der Waals surface area (Å²) in [7, 11) is 0. The van der Waals surface area contributed by atoms with E-state index in [0.29, 0.717) is 6.54 Å². The van der Waals surface area contributed by atoms with E-state index >= 15 is 0 Å². The minimum absolute atomic E-state index is 0.212. The average molecular weight is 240 g/mol. The molecule has 0 fully saturated rings. The number of hydrogen-bond donors (Lipinski definition) is 1. The number of nitrogens with one attached hydrogen (secondary N) is 1. The van der Waals surface area contributed by atoms with Gasteiger partial charge in [0.15, 0.2) is 0 Å². The van der Waals surface area contributed by atoms with Gasteiger partial charge in [0.05, 0.1) is 12.0 Å². The molecule has 0 spiro atoms. The van der Waals surface area contributed by atoms with Crippen molar-refractivity contribution < 1.29 is 4.39 Å². The molecular weight excluding hydrogens is 227 g/mol. The topological polar surface area (TPSA) is 35.8 Å². The zero-order chi connectivity index (χ0) is 12.8. The van der Waals surface area contributed by atoms with Crippen LogP contribution in [0.3, 0.4) is 0 Å². The summed E-state index contributed by atoms with van der Waals surface area (Å²) < 4.78 is 12.7. The maximum absolute atomic E-state index is 12.7. The Morgan fingerprint density at radius 1 is 1.06 bits per heavy atom. The molecule has 0 aromatic heterocycles. The Morgan fingerprint density at radius 2 is 1.72 bits per heavy atom. The molecule has 1 atom stereocenters.